The van der Waals surface area contributed by atoms with Crippen LogP contribution in [-0.4, -0.2) is 22.0 Å². The largest absolute Gasteiger partial charge is 0.330 e. The van der Waals surface area contributed by atoms with Crippen molar-refractivity contribution in [3.8, 4) is 0 Å². The molecule has 1 aromatic carbocycles. The third-order valence-corrected chi connectivity index (χ3v) is 2.65. The number of nitrogens with zero attached hydrogens (tertiary/aromatic N) is 2. The summed E-state index contributed by atoms with van der Waals surface area (Å²) in [6.07, 6.45) is 3.94. The highest BCUT2D eigenvalue weighted by Crippen LogP contribution is 2.07. The minimum Gasteiger partial charge on any atom is -0.330 e. The Morgan fingerprint density at radius 2 is 2.06 bits per heavy atom. The van der Waals surface area contributed by atoms with E-state index in [4.69, 9.17) is 5.73 Å². The Morgan fingerprint density at radius 1 is 1.33 bits per heavy atom. The minimum atomic E-state index is -0.308. The van der Waals surface area contributed by atoms with Gasteiger partial charge in [-0.2, -0.15) is 0 Å². The van der Waals surface area contributed by atoms with Gasteiger partial charge in [-0.25, -0.2) is 9.37 Å². The van der Waals surface area contributed by atoms with Crippen LogP contribution >= 0.6 is 0 Å². The van der Waals surface area contributed by atoms with Gasteiger partial charge in [0.2, 0.25) is 5.91 Å². The van der Waals surface area contributed by atoms with E-state index in [0.29, 0.717) is 13.0 Å². The quantitative estimate of drug-likeness (QED) is 0.888. The summed E-state index contributed by atoms with van der Waals surface area (Å²) in [5, 5.41) is 0. The van der Waals surface area contributed by atoms with Crippen molar-refractivity contribution in [2.24, 2.45) is 5.73 Å². The molecule has 0 saturated heterocycles. The molecule has 94 valence electrons. The molecule has 0 fully saturated rings. The number of rotatable bonds is 4. The number of carbonyl (C=O) groups is 1. The monoisotopic (exact) mass is 247 g/mol. The molecule has 18 heavy (non-hydrogen) atoms. The molecule has 0 bridgehead atoms. The number of imidazole rings is 1. The highest BCUT2D eigenvalue weighted by molar-refractivity contribution is 5.81. The first-order valence-electron chi connectivity index (χ1n) is 5.69. The van der Waals surface area contributed by atoms with Gasteiger partial charge in [0.1, 0.15) is 12.1 Å². The van der Waals surface area contributed by atoms with Crippen LogP contribution in [0.3, 0.4) is 0 Å². The molecule has 0 radical (unpaired) electrons. The first-order valence-corrected chi connectivity index (χ1v) is 5.69. The van der Waals surface area contributed by atoms with Crippen molar-refractivity contribution >= 4 is 5.91 Å². The Morgan fingerprint density at radius 3 is 2.72 bits per heavy atom. The van der Waals surface area contributed by atoms with Crippen LogP contribution in [0, 0.1) is 5.82 Å². The smallest absolute Gasteiger partial charge is 0.236 e. The van der Waals surface area contributed by atoms with E-state index in [1.807, 2.05) is 0 Å². The molecule has 0 unspecified atom stereocenters. The second-order valence-corrected chi connectivity index (χ2v) is 3.99. The summed E-state index contributed by atoms with van der Waals surface area (Å²) in [7, 11) is 0. The number of hydrogen-bond donors (Lipinski definition) is 1. The van der Waals surface area contributed by atoms with E-state index < -0.39 is 0 Å². The van der Waals surface area contributed by atoms with Crippen molar-refractivity contribution in [2.75, 3.05) is 6.54 Å². The van der Waals surface area contributed by atoms with Crippen molar-refractivity contribution in [1.29, 1.82) is 0 Å². The summed E-state index contributed by atoms with van der Waals surface area (Å²) < 4.78 is 14.2. The third-order valence-electron chi connectivity index (χ3n) is 2.65. The average Bonchev–Trinajstić information content (AvgIpc) is 2.81. The van der Waals surface area contributed by atoms with Crippen LogP contribution in [0.5, 0.6) is 0 Å². The molecule has 0 spiro atoms. The lowest BCUT2D eigenvalue weighted by molar-refractivity contribution is 0.0911. The first-order chi connectivity index (χ1) is 8.70. The van der Waals surface area contributed by atoms with Gasteiger partial charge >= 0.3 is 0 Å². The van der Waals surface area contributed by atoms with Gasteiger partial charge < -0.3 is 5.73 Å². The normalized spacial score (nSPS) is 10.6. The van der Waals surface area contributed by atoms with Crippen LogP contribution in [-0.2, 0) is 12.8 Å². The highest BCUT2D eigenvalue weighted by Gasteiger charge is 2.10. The fourth-order valence-corrected chi connectivity index (χ4v) is 1.74. The number of nitrogens with two attached hydrogens (primary N) is 1. The summed E-state index contributed by atoms with van der Waals surface area (Å²) in [6, 6.07) is 5.90. The molecule has 0 saturated carbocycles. The number of carbonyl (C=O) groups excluding carboxylic acids is 1. The summed E-state index contributed by atoms with van der Waals surface area (Å²) in [4.78, 5) is 16.0. The van der Waals surface area contributed by atoms with Gasteiger partial charge in [0.05, 0.1) is 6.42 Å². The Bertz CT molecular complexity index is 533. The van der Waals surface area contributed by atoms with E-state index in [2.05, 4.69) is 4.98 Å². The van der Waals surface area contributed by atoms with E-state index in [0.717, 1.165) is 11.3 Å². The van der Waals surface area contributed by atoms with Gasteiger partial charge in [0, 0.05) is 18.3 Å². The van der Waals surface area contributed by atoms with Crippen molar-refractivity contribution in [3.63, 3.8) is 0 Å². The van der Waals surface area contributed by atoms with Crippen molar-refractivity contribution in [1.82, 2.24) is 9.55 Å². The number of halogens is 1. The molecule has 2 rings (SSSR count). The predicted molar refractivity (Wildman–Crippen MR) is 65.7 cm³/mol. The van der Waals surface area contributed by atoms with Crippen LogP contribution in [0.4, 0.5) is 4.39 Å². The molecule has 1 aromatic heterocycles. The molecule has 5 heteroatoms. The zero-order valence-corrected chi connectivity index (χ0v) is 9.84. The van der Waals surface area contributed by atoms with E-state index >= 15 is 0 Å². The maximum absolute atomic E-state index is 12.7. The first kappa shape index (κ1) is 12.4. The Labute approximate surface area is 104 Å². The SMILES string of the molecule is NCCc1cncn1C(=O)Cc1ccc(F)cc1. The molecular formula is C13H14FN3O. The summed E-state index contributed by atoms with van der Waals surface area (Å²) in [5.74, 6) is -0.403. The van der Waals surface area contributed by atoms with Gasteiger partial charge in [-0.15, -0.1) is 0 Å². The molecular weight excluding hydrogens is 233 g/mol. The zero-order valence-electron chi connectivity index (χ0n) is 9.84. The second-order valence-electron chi connectivity index (χ2n) is 3.99. The van der Waals surface area contributed by atoms with E-state index in [1.54, 1.807) is 18.3 Å². The lowest BCUT2D eigenvalue weighted by Gasteiger charge is -2.06. The van der Waals surface area contributed by atoms with Gasteiger partial charge in [-0.05, 0) is 24.2 Å². The summed E-state index contributed by atoms with van der Waals surface area (Å²) >= 11 is 0. The molecule has 0 aliphatic heterocycles. The van der Waals surface area contributed by atoms with E-state index in [-0.39, 0.29) is 18.1 Å². The van der Waals surface area contributed by atoms with Gasteiger partial charge in [-0.1, -0.05) is 12.1 Å². The van der Waals surface area contributed by atoms with Gasteiger partial charge in [0.15, 0.2) is 0 Å². The molecule has 4 nitrogen and oxygen atoms in total. The van der Waals surface area contributed by atoms with Crippen molar-refractivity contribution in [2.45, 2.75) is 12.8 Å². The summed E-state index contributed by atoms with van der Waals surface area (Å²) in [6.45, 7) is 0.468. The highest BCUT2D eigenvalue weighted by atomic mass is 19.1. The van der Waals surface area contributed by atoms with Crippen LogP contribution in [0.25, 0.3) is 0 Å². The zero-order chi connectivity index (χ0) is 13.0. The summed E-state index contributed by atoms with van der Waals surface area (Å²) in [5.41, 5.74) is 7.03. The van der Waals surface area contributed by atoms with Crippen LogP contribution < -0.4 is 5.73 Å². The minimum absolute atomic E-state index is 0.0949. The number of benzene rings is 1. The third kappa shape index (κ3) is 2.81. The Hall–Kier alpha value is -2.01. The van der Waals surface area contributed by atoms with Crippen LogP contribution in [0.1, 0.15) is 16.1 Å². The fourth-order valence-electron chi connectivity index (χ4n) is 1.74. The lowest BCUT2D eigenvalue weighted by atomic mass is 10.1. The molecule has 0 amide bonds. The topological polar surface area (TPSA) is 60.9 Å². The van der Waals surface area contributed by atoms with E-state index in [1.165, 1.54) is 23.0 Å². The maximum atomic E-state index is 12.7. The van der Waals surface area contributed by atoms with Crippen LogP contribution in [0.2, 0.25) is 0 Å². The van der Waals surface area contributed by atoms with Crippen LogP contribution in [0.15, 0.2) is 36.8 Å². The van der Waals surface area contributed by atoms with Gasteiger partial charge in [0.25, 0.3) is 0 Å². The molecule has 2 N–H and O–H groups in total. The Balaban J connectivity index is 2.11. The molecule has 2 aromatic rings. The van der Waals surface area contributed by atoms with Crippen molar-refractivity contribution < 1.29 is 9.18 Å². The number of aromatic nitrogens is 2. The predicted octanol–water partition coefficient (Wildman–Crippen LogP) is 1.41. The number of hydrogen-bond acceptors (Lipinski definition) is 3. The standard InChI is InChI=1S/C13H14FN3O/c14-11-3-1-10(2-4-11)7-13(18)17-9-16-8-12(17)5-6-15/h1-4,8-9H,5-7,15H2. The average molecular weight is 247 g/mol. The van der Waals surface area contributed by atoms with Crippen molar-refractivity contribution in [3.05, 3.63) is 53.9 Å². The molecule has 0 aliphatic rings. The Kier molecular flexibility index (Phi) is 3.84. The molecule has 0 aliphatic carbocycles. The second kappa shape index (κ2) is 5.55. The molecule has 1 heterocycles. The maximum Gasteiger partial charge on any atom is 0.236 e. The van der Waals surface area contributed by atoms with E-state index in [9.17, 15) is 9.18 Å². The fraction of sp³-hybridized carbons (Fsp3) is 0.231. The van der Waals surface area contributed by atoms with Gasteiger partial charge in [-0.3, -0.25) is 9.36 Å². The lowest BCUT2D eigenvalue weighted by Crippen LogP contribution is -2.17. The molecule has 0 atom stereocenters.